The maximum Gasteiger partial charge on any atom is 0.298 e. The first-order valence-corrected chi connectivity index (χ1v) is 6.40. The number of hydrogen-bond donors (Lipinski definition) is 0. The number of thiophene rings is 1. The lowest BCUT2D eigenvalue weighted by molar-refractivity contribution is -0.125. The molecule has 1 rings (SSSR count). The van der Waals surface area contributed by atoms with Crippen molar-refractivity contribution in [2.24, 2.45) is 0 Å². The molecule has 1 amide bonds. The number of carbonyl (C=O) groups is 1. The van der Waals surface area contributed by atoms with Gasteiger partial charge in [-0.05, 0) is 38.4 Å². The Morgan fingerprint density at radius 2 is 2.18 bits per heavy atom. The van der Waals surface area contributed by atoms with E-state index in [-0.39, 0.29) is 5.91 Å². The number of nitrogens with zero attached hydrogens (tertiary/aromatic N) is 2. The molecule has 0 radical (unpaired) electrons. The number of likely N-dealkylation sites (N-methyl/N-ethyl adjacent to an activating group) is 1. The maximum absolute atomic E-state index is 11.8. The minimum absolute atomic E-state index is 0.0947. The summed E-state index contributed by atoms with van der Waals surface area (Å²) < 4.78 is 0. The molecule has 0 bridgehead atoms. The third-order valence-electron chi connectivity index (χ3n) is 2.26. The van der Waals surface area contributed by atoms with Crippen LogP contribution in [0.5, 0.6) is 0 Å². The van der Waals surface area contributed by atoms with Crippen LogP contribution in [0.3, 0.4) is 0 Å². The normalized spacial score (nSPS) is 9.88. The molecular weight excluding hydrogens is 232 g/mol. The van der Waals surface area contributed by atoms with Gasteiger partial charge in [0.25, 0.3) is 5.91 Å². The van der Waals surface area contributed by atoms with Gasteiger partial charge in [0, 0.05) is 18.0 Å². The number of rotatable bonds is 5. The van der Waals surface area contributed by atoms with Gasteiger partial charge in [0.15, 0.2) is 0 Å². The minimum Gasteiger partial charge on any atom is -0.325 e. The lowest BCUT2D eigenvalue weighted by Gasteiger charge is -2.21. The number of hydrogen-bond acceptors (Lipinski definition) is 3. The second-order valence-electron chi connectivity index (χ2n) is 3.98. The topological polar surface area (TPSA) is 23.6 Å². The molecule has 0 saturated heterocycles. The van der Waals surface area contributed by atoms with Crippen molar-refractivity contribution in [3.63, 3.8) is 0 Å². The zero-order chi connectivity index (χ0) is 12.7. The summed E-state index contributed by atoms with van der Waals surface area (Å²) in [4.78, 5) is 16.9. The summed E-state index contributed by atoms with van der Waals surface area (Å²) in [5, 5.41) is 2.02. The minimum atomic E-state index is -0.0947. The van der Waals surface area contributed by atoms with Gasteiger partial charge in [-0.3, -0.25) is 4.79 Å². The third kappa shape index (κ3) is 5.03. The summed E-state index contributed by atoms with van der Waals surface area (Å²) in [5.74, 6) is 5.17. The molecule has 3 nitrogen and oxygen atoms in total. The van der Waals surface area contributed by atoms with E-state index in [0.29, 0.717) is 13.1 Å². The molecule has 0 saturated carbocycles. The molecule has 0 fully saturated rings. The van der Waals surface area contributed by atoms with Crippen molar-refractivity contribution in [2.45, 2.75) is 13.5 Å². The first kappa shape index (κ1) is 13.8. The summed E-state index contributed by atoms with van der Waals surface area (Å²) in [6.45, 7) is 3.90. The molecule has 0 N–H and O–H groups in total. The fourth-order valence-corrected chi connectivity index (χ4v) is 2.07. The van der Waals surface area contributed by atoms with Crippen LogP contribution in [0.2, 0.25) is 0 Å². The highest BCUT2D eigenvalue weighted by molar-refractivity contribution is 7.09. The van der Waals surface area contributed by atoms with Crippen molar-refractivity contribution >= 4 is 17.2 Å². The van der Waals surface area contributed by atoms with Gasteiger partial charge in [0.2, 0.25) is 0 Å². The Bertz CT molecular complexity index is 401. The van der Waals surface area contributed by atoms with E-state index in [1.807, 2.05) is 31.6 Å². The highest BCUT2D eigenvalue weighted by Crippen LogP contribution is 2.11. The molecule has 1 heterocycles. The van der Waals surface area contributed by atoms with Gasteiger partial charge in [0.05, 0.1) is 6.54 Å². The Labute approximate surface area is 107 Å². The molecule has 0 spiro atoms. The van der Waals surface area contributed by atoms with Crippen LogP contribution in [0.25, 0.3) is 0 Å². The fraction of sp³-hybridized carbons (Fsp3) is 0.462. The number of amides is 1. The Morgan fingerprint density at radius 1 is 1.41 bits per heavy atom. The quantitative estimate of drug-likeness (QED) is 0.742. The molecule has 0 aliphatic heterocycles. The Morgan fingerprint density at radius 3 is 2.71 bits per heavy atom. The van der Waals surface area contributed by atoms with Gasteiger partial charge >= 0.3 is 0 Å². The van der Waals surface area contributed by atoms with Crippen molar-refractivity contribution < 1.29 is 4.79 Å². The molecule has 92 valence electrons. The van der Waals surface area contributed by atoms with E-state index in [1.54, 1.807) is 23.2 Å². The second-order valence-corrected chi connectivity index (χ2v) is 5.02. The van der Waals surface area contributed by atoms with Crippen LogP contribution < -0.4 is 0 Å². The highest BCUT2D eigenvalue weighted by Gasteiger charge is 2.12. The maximum atomic E-state index is 11.8. The first-order chi connectivity index (χ1) is 8.13. The van der Waals surface area contributed by atoms with Crippen LogP contribution in [-0.2, 0) is 11.3 Å². The van der Waals surface area contributed by atoms with Gasteiger partial charge in [-0.1, -0.05) is 12.0 Å². The van der Waals surface area contributed by atoms with Crippen LogP contribution in [0.1, 0.15) is 11.8 Å². The first-order valence-electron chi connectivity index (χ1n) is 5.52. The standard InChI is InChI=1S/C13H18N2OS/c1-4-6-13(16)15(9-8-14(2)3)11-12-7-5-10-17-12/h5,7,10H,8-9,11H2,1-3H3. The Hall–Kier alpha value is -1.31. The summed E-state index contributed by atoms with van der Waals surface area (Å²) in [5.41, 5.74) is 0. The van der Waals surface area contributed by atoms with Crippen LogP contribution in [0, 0.1) is 11.8 Å². The molecular formula is C13H18N2OS. The van der Waals surface area contributed by atoms with Crippen LogP contribution in [-0.4, -0.2) is 42.9 Å². The third-order valence-corrected chi connectivity index (χ3v) is 3.12. The smallest absolute Gasteiger partial charge is 0.298 e. The van der Waals surface area contributed by atoms with Crippen LogP contribution in [0.15, 0.2) is 17.5 Å². The van der Waals surface area contributed by atoms with E-state index >= 15 is 0 Å². The van der Waals surface area contributed by atoms with Gasteiger partial charge in [0.1, 0.15) is 0 Å². The predicted octanol–water partition coefficient (Wildman–Crippen LogP) is 1.66. The van der Waals surface area contributed by atoms with Gasteiger partial charge in [-0.25, -0.2) is 0 Å². The zero-order valence-corrected chi connectivity index (χ0v) is 11.4. The van der Waals surface area contributed by atoms with Crippen molar-refractivity contribution in [3.05, 3.63) is 22.4 Å². The number of carbonyl (C=O) groups excluding carboxylic acids is 1. The van der Waals surface area contributed by atoms with Crippen molar-refractivity contribution in [3.8, 4) is 11.8 Å². The predicted molar refractivity (Wildman–Crippen MR) is 71.7 cm³/mol. The summed E-state index contributed by atoms with van der Waals surface area (Å²) in [6.07, 6.45) is 0. The lowest BCUT2D eigenvalue weighted by atomic mass is 10.3. The second kappa shape index (κ2) is 7.10. The van der Waals surface area contributed by atoms with E-state index in [0.717, 1.165) is 6.54 Å². The van der Waals surface area contributed by atoms with Crippen LogP contribution >= 0.6 is 11.3 Å². The van der Waals surface area contributed by atoms with Gasteiger partial charge in [-0.2, -0.15) is 0 Å². The van der Waals surface area contributed by atoms with E-state index in [4.69, 9.17) is 0 Å². The van der Waals surface area contributed by atoms with E-state index in [9.17, 15) is 4.79 Å². The van der Waals surface area contributed by atoms with Gasteiger partial charge < -0.3 is 9.80 Å². The van der Waals surface area contributed by atoms with E-state index in [1.165, 1.54) is 4.88 Å². The molecule has 0 unspecified atom stereocenters. The molecule has 17 heavy (non-hydrogen) atoms. The van der Waals surface area contributed by atoms with E-state index < -0.39 is 0 Å². The Balaban J connectivity index is 2.63. The summed E-state index contributed by atoms with van der Waals surface area (Å²) in [7, 11) is 4.00. The van der Waals surface area contributed by atoms with E-state index in [2.05, 4.69) is 16.7 Å². The van der Waals surface area contributed by atoms with Crippen LogP contribution in [0.4, 0.5) is 0 Å². The molecule has 0 aliphatic carbocycles. The molecule has 0 atom stereocenters. The highest BCUT2D eigenvalue weighted by atomic mass is 32.1. The Kier molecular flexibility index (Phi) is 5.75. The zero-order valence-electron chi connectivity index (χ0n) is 10.6. The largest absolute Gasteiger partial charge is 0.325 e. The fourth-order valence-electron chi connectivity index (χ4n) is 1.35. The molecule has 4 heteroatoms. The monoisotopic (exact) mass is 250 g/mol. The summed E-state index contributed by atoms with van der Waals surface area (Å²) in [6, 6.07) is 4.04. The average molecular weight is 250 g/mol. The SMILES string of the molecule is CC#CC(=O)N(CCN(C)C)Cc1cccs1. The molecule has 1 aromatic heterocycles. The van der Waals surface area contributed by atoms with Crippen molar-refractivity contribution in [1.29, 1.82) is 0 Å². The molecule has 0 aromatic carbocycles. The molecule has 1 aromatic rings. The van der Waals surface area contributed by atoms with Gasteiger partial charge in [-0.15, -0.1) is 11.3 Å². The van der Waals surface area contributed by atoms with Crippen molar-refractivity contribution in [1.82, 2.24) is 9.80 Å². The molecule has 0 aliphatic rings. The average Bonchev–Trinajstić information content (AvgIpc) is 2.76. The van der Waals surface area contributed by atoms with Crippen molar-refractivity contribution in [2.75, 3.05) is 27.2 Å². The summed E-state index contributed by atoms with van der Waals surface area (Å²) >= 11 is 1.67. The lowest BCUT2D eigenvalue weighted by Crippen LogP contribution is -2.35.